The fraction of sp³-hybridized carbons (Fsp3) is 0.611. The van der Waals surface area contributed by atoms with Crippen LogP contribution in [0.5, 0.6) is 0 Å². The number of nitrogens with two attached hydrogens (primary N) is 1. The first-order chi connectivity index (χ1) is 13.6. The van der Waals surface area contributed by atoms with E-state index in [0.717, 1.165) is 0 Å². The Hall–Kier alpha value is -2.47. The standard InChI is InChI=1S/C18H26N4O7/c1-17(2,26-4)8-28-16(25)27-7-11-13(23)14(24)18(3,29-11)12-6-5-10-15(19)20-9-21-22(10)12/h5-6,9,11,13-14,23-24H,7-8H2,1-4H3,(H2,19,20,21)/t11-,13-,14-,18+/m1/s1. The third-order valence-corrected chi connectivity index (χ3v) is 5.11. The predicted molar refractivity (Wildman–Crippen MR) is 100 cm³/mol. The molecule has 4 N–H and O–H groups in total. The van der Waals surface area contributed by atoms with Crippen molar-refractivity contribution in [1.82, 2.24) is 14.6 Å². The maximum Gasteiger partial charge on any atom is 0.508 e. The maximum absolute atomic E-state index is 11.8. The van der Waals surface area contributed by atoms with E-state index in [-0.39, 0.29) is 19.0 Å². The molecule has 0 aromatic carbocycles. The summed E-state index contributed by atoms with van der Waals surface area (Å²) < 4.78 is 22.6. The van der Waals surface area contributed by atoms with E-state index in [0.29, 0.717) is 11.2 Å². The highest BCUT2D eigenvalue weighted by Crippen LogP contribution is 2.40. The predicted octanol–water partition coefficient (Wildman–Crippen LogP) is 0.226. The Morgan fingerprint density at radius 1 is 1.38 bits per heavy atom. The van der Waals surface area contributed by atoms with Gasteiger partial charge < -0.3 is 34.9 Å². The average molecular weight is 410 g/mol. The SMILES string of the molecule is COC(C)(C)COC(=O)OC[C@H]1O[C@@](C)(c2ccc3c(N)ncnn23)[C@H](O)[C@@H]1O. The van der Waals surface area contributed by atoms with E-state index in [2.05, 4.69) is 10.1 Å². The van der Waals surface area contributed by atoms with Crippen LogP contribution in [0, 0.1) is 0 Å². The molecular formula is C18H26N4O7. The van der Waals surface area contributed by atoms with Crippen molar-refractivity contribution in [3.8, 4) is 0 Å². The Morgan fingerprint density at radius 3 is 2.79 bits per heavy atom. The smallest absolute Gasteiger partial charge is 0.431 e. The topological polar surface area (TPSA) is 151 Å². The van der Waals surface area contributed by atoms with E-state index in [9.17, 15) is 15.0 Å². The minimum Gasteiger partial charge on any atom is -0.431 e. The van der Waals surface area contributed by atoms with E-state index in [1.165, 1.54) is 18.0 Å². The Morgan fingerprint density at radius 2 is 2.10 bits per heavy atom. The van der Waals surface area contributed by atoms with Gasteiger partial charge in [-0.05, 0) is 32.9 Å². The summed E-state index contributed by atoms with van der Waals surface area (Å²) >= 11 is 0. The summed E-state index contributed by atoms with van der Waals surface area (Å²) in [4.78, 5) is 15.7. The zero-order valence-electron chi connectivity index (χ0n) is 16.7. The van der Waals surface area contributed by atoms with Crippen molar-refractivity contribution in [3.05, 3.63) is 24.2 Å². The van der Waals surface area contributed by atoms with E-state index in [1.54, 1.807) is 32.9 Å². The highest BCUT2D eigenvalue weighted by Gasteiger charge is 2.54. The van der Waals surface area contributed by atoms with Crippen LogP contribution in [0.1, 0.15) is 26.5 Å². The molecule has 4 atom stereocenters. The lowest BCUT2D eigenvalue weighted by Gasteiger charge is -2.27. The molecule has 0 saturated carbocycles. The minimum absolute atomic E-state index is 0.00593. The number of methoxy groups -OCH3 is 1. The van der Waals surface area contributed by atoms with Crippen LogP contribution >= 0.6 is 0 Å². The molecule has 0 spiro atoms. The van der Waals surface area contributed by atoms with Gasteiger partial charge in [0.15, 0.2) is 5.82 Å². The zero-order chi connectivity index (χ0) is 21.4. The van der Waals surface area contributed by atoms with Crippen molar-refractivity contribution in [2.24, 2.45) is 0 Å². The lowest BCUT2D eigenvalue weighted by atomic mass is 9.93. The fourth-order valence-corrected chi connectivity index (χ4v) is 3.14. The third kappa shape index (κ3) is 3.99. The molecule has 2 aromatic heterocycles. The largest absolute Gasteiger partial charge is 0.508 e. The third-order valence-electron chi connectivity index (χ3n) is 5.11. The molecule has 29 heavy (non-hydrogen) atoms. The lowest BCUT2D eigenvalue weighted by molar-refractivity contribution is -0.0974. The Kier molecular flexibility index (Phi) is 5.68. The summed E-state index contributed by atoms with van der Waals surface area (Å²) in [5.74, 6) is 0.268. The second-order valence-electron chi connectivity index (χ2n) is 7.67. The molecule has 1 saturated heterocycles. The molecule has 11 nitrogen and oxygen atoms in total. The molecule has 0 unspecified atom stereocenters. The molecule has 1 aliphatic rings. The monoisotopic (exact) mass is 410 g/mol. The summed E-state index contributed by atoms with van der Waals surface area (Å²) in [6.07, 6.45) is -3.21. The van der Waals surface area contributed by atoms with Gasteiger partial charge in [0, 0.05) is 7.11 Å². The summed E-state index contributed by atoms with van der Waals surface area (Å²) in [5.41, 5.74) is 4.89. The zero-order valence-corrected chi connectivity index (χ0v) is 16.7. The molecule has 1 fully saturated rings. The first kappa shape index (κ1) is 21.2. The number of nitrogens with zero attached hydrogens (tertiary/aromatic N) is 3. The minimum atomic E-state index is -1.32. The number of aliphatic hydroxyl groups excluding tert-OH is 2. The number of carbonyl (C=O) groups is 1. The molecule has 0 bridgehead atoms. The molecule has 0 radical (unpaired) electrons. The number of fused-ring (bicyclic) bond motifs is 1. The van der Waals surface area contributed by atoms with Crippen LogP contribution in [0.25, 0.3) is 5.52 Å². The Labute approximate surface area is 167 Å². The first-order valence-electron chi connectivity index (χ1n) is 9.06. The van der Waals surface area contributed by atoms with Crippen LogP contribution in [0.2, 0.25) is 0 Å². The van der Waals surface area contributed by atoms with Gasteiger partial charge in [0.25, 0.3) is 0 Å². The van der Waals surface area contributed by atoms with Crippen LogP contribution < -0.4 is 5.73 Å². The van der Waals surface area contributed by atoms with Crippen LogP contribution in [0.3, 0.4) is 0 Å². The van der Waals surface area contributed by atoms with Crippen LogP contribution in [0.15, 0.2) is 18.5 Å². The van der Waals surface area contributed by atoms with Crippen molar-refractivity contribution in [3.63, 3.8) is 0 Å². The van der Waals surface area contributed by atoms with Crippen LogP contribution in [0.4, 0.5) is 10.6 Å². The lowest BCUT2D eigenvalue weighted by Crippen LogP contribution is -2.39. The van der Waals surface area contributed by atoms with Gasteiger partial charge in [-0.1, -0.05) is 0 Å². The highest BCUT2D eigenvalue weighted by atomic mass is 16.7. The van der Waals surface area contributed by atoms with Crippen LogP contribution in [-0.4, -0.2) is 75.2 Å². The Balaban J connectivity index is 1.69. The van der Waals surface area contributed by atoms with Gasteiger partial charge in [-0.15, -0.1) is 0 Å². The van der Waals surface area contributed by atoms with E-state index >= 15 is 0 Å². The Bertz CT molecular complexity index is 886. The molecule has 3 heterocycles. The average Bonchev–Trinajstić information content (AvgIpc) is 3.22. The summed E-state index contributed by atoms with van der Waals surface area (Å²) in [7, 11) is 1.50. The molecule has 0 amide bonds. The molecule has 3 rings (SSSR count). The van der Waals surface area contributed by atoms with E-state index in [1.807, 2.05) is 0 Å². The summed E-state index contributed by atoms with van der Waals surface area (Å²) in [6.45, 7) is 4.81. The maximum atomic E-state index is 11.8. The number of aromatic nitrogens is 3. The number of carbonyl (C=O) groups excluding carboxylic acids is 1. The molecule has 1 aliphatic heterocycles. The number of anilines is 1. The first-order valence-corrected chi connectivity index (χ1v) is 9.06. The number of rotatable bonds is 6. The van der Waals surface area contributed by atoms with Gasteiger partial charge in [-0.25, -0.2) is 14.3 Å². The number of ether oxygens (including phenoxy) is 4. The van der Waals surface area contributed by atoms with Gasteiger partial charge in [-0.2, -0.15) is 5.10 Å². The van der Waals surface area contributed by atoms with Crippen molar-refractivity contribution < 1.29 is 34.0 Å². The van der Waals surface area contributed by atoms with Gasteiger partial charge in [0.05, 0.1) is 11.3 Å². The van der Waals surface area contributed by atoms with Crippen molar-refractivity contribution in [1.29, 1.82) is 0 Å². The van der Waals surface area contributed by atoms with Gasteiger partial charge in [0.1, 0.15) is 49.0 Å². The molecule has 11 heteroatoms. The summed E-state index contributed by atoms with van der Waals surface area (Å²) in [5, 5.41) is 25.2. The molecular weight excluding hydrogens is 384 g/mol. The van der Waals surface area contributed by atoms with Gasteiger partial charge in [0.2, 0.25) is 0 Å². The van der Waals surface area contributed by atoms with Crippen molar-refractivity contribution in [2.45, 2.75) is 50.3 Å². The van der Waals surface area contributed by atoms with E-state index in [4.69, 9.17) is 24.7 Å². The number of aliphatic hydroxyl groups is 2. The normalized spacial score (nSPS) is 27.3. The second-order valence-corrected chi connectivity index (χ2v) is 7.67. The second kappa shape index (κ2) is 7.75. The highest BCUT2D eigenvalue weighted by molar-refractivity contribution is 5.65. The number of nitrogen functional groups attached to an aromatic ring is 1. The molecule has 2 aromatic rings. The van der Waals surface area contributed by atoms with E-state index < -0.39 is 35.7 Å². The number of hydrogen-bond acceptors (Lipinski definition) is 10. The van der Waals surface area contributed by atoms with Gasteiger partial charge in [-0.3, -0.25) is 0 Å². The van der Waals surface area contributed by atoms with Gasteiger partial charge >= 0.3 is 6.16 Å². The van der Waals surface area contributed by atoms with Crippen LogP contribution in [-0.2, 0) is 24.5 Å². The van der Waals surface area contributed by atoms with Crippen molar-refractivity contribution in [2.75, 3.05) is 26.1 Å². The van der Waals surface area contributed by atoms with Crippen molar-refractivity contribution >= 4 is 17.5 Å². The molecule has 0 aliphatic carbocycles. The quantitative estimate of drug-likeness (QED) is 0.564. The number of hydrogen-bond donors (Lipinski definition) is 3. The summed E-state index contributed by atoms with van der Waals surface area (Å²) in [6, 6.07) is 3.37. The fourth-order valence-electron chi connectivity index (χ4n) is 3.14. The molecule has 160 valence electrons.